The van der Waals surface area contributed by atoms with Gasteiger partial charge in [-0.25, -0.2) is 0 Å². The van der Waals surface area contributed by atoms with E-state index in [-0.39, 0.29) is 66.9 Å². The summed E-state index contributed by atoms with van der Waals surface area (Å²) >= 11 is 0. The SMILES string of the molecule is CC(C)(C)P(c1cc2ccccc2[cH-]1)C(C)(C)C.[Cl-].[Cl-].[Zr+4].c1ccc2[cH-]c(P(C3CCCCC3)C3CCCCC3)cc2c1. The van der Waals surface area contributed by atoms with Gasteiger partial charge in [-0.3, -0.25) is 0 Å². The summed E-state index contributed by atoms with van der Waals surface area (Å²) in [6.07, 6.45) is 14.9. The molecule has 2 saturated carbocycles. The van der Waals surface area contributed by atoms with Crippen molar-refractivity contribution in [1.82, 2.24) is 0 Å². The summed E-state index contributed by atoms with van der Waals surface area (Å²) < 4.78 is 0. The minimum absolute atomic E-state index is 0. The average Bonchev–Trinajstić information content (AvgIpc) is 3.52. The Morgan fingerprint density at radius 3 is 1.33 bits per heavy atom. The first kappa shape index (κ1) is 39.2. The predicted molar refractivity (Wildman–Crippen MR) is 185 cm³/mol. The van der Waals surface area contributed by atoms with Crippen molar-refractivity contribution in [3.63, 3.8) is 0 Å². The van der Waals surface area contributed by atoms with Crippen LogP contribution >= 0.6 is 15.8 Å². The Morgan fingerprint density at radius 1 is 0.558 bits per heavy atom. The summed E-state index contributed by atoms with van der Waals surface area (Å²) in [4.78, 5) is 0. The second kappa shape index (κ2) is 17.2. The standard InChI is InChI=1S/C21H28P.C17H24P.2ClH.Zr/c1-3-11-19(12-4-1)22(20-13-5-2-6-14-20)21-15-17-9-7-8-10-18(17)16-21;1-16(2,3)18(17(4,5)6)15-11-13-9-7-8-10-14(13)12-15;;;/h7-10,15-16,19-20H,1-6,11-14H2;7-12H,1-6H3;2*1H;/q2*-1;;;+4/p-2. The molecule has 0 aromatic heterocycles. The van der Waals surface area contributed by atoms with E-state index in [1.807, 2.05) is 0 Å². The van der Waals surface area contributed by atoms with Crippen molar-refractivity contribution >= 4 is 48.0 Å². The van der Waals surface area contributed by atoms with Crippen LogP contribution in [0, 0.1) is 0 Å². The topological polar surface area (TPSA) is 0 Å². The summed E-state index contributed by atoms with van der Waals surface area (Å²) in [5, 5.41) is 9.67. The van der Waals surface area contributed by atoms with Crippen LogP contribution in [-0.4, -0.2) is 21.6 Å². The maximum Gasteiger partial charge on any atom is 4.00 e. The molecule has 43 heavy (non-hydrogen) atoms. The second-order valence-electron chi connectivity index (χ2n) is 14.4. The van der Waals surface area contributed by atoms with Gasteiger partial charge in [0.1, 0.15) is 0 Å². The molecule has 2 aliphatic rings. The molecule has 0 N–H and O–H groups in total. The van der Waals surface area contributed by atoms with Gasteiger partial charge in [-0.15, -0.1) is 80.7 Å². The first-order valence-corrected chi connectivity index (χ1v) is 18.8. The minimum Gasteiger partial charge on any atom is -1.00 e. The van der Waals surface area contributed by atoms with Gasteiger partial charge in [0.15, 0.2) is 0 Å². The van der Waals surface area contributed by atoms with Crippen LogP contribution in [0.25, 0.3) is 21.5 Å². The van der Waals surface area contributed by atoms with Crippen LogP contribution in [0.3, 0.4) is 0 Å². The van der Waals surface area contributed by atoms with Gasteiger partial charge >= 0.3 is 26.2 Å². The van der Waals surface area contributed by atoms with E-state index in [1.54, 1.807) is 10.6 Å². The van der Waals surface area contributed by atoms with Crippen molar-refractivity contribution < 1.29 is 51.0 Å². The zero-order valence-electron chi connectivity index (χ0n) is 27.3. The number of benzene rings is 2. The Kier molecular flexibility index (Phi) is 15.7. The van der Waals surface area contributed by atoms with Crippen LogP contribution in [0.15, 0.2) is 72.8 Å². The Labute approximate surface area is 297 Å². The molecule has 0 unspecified atom stereocenters. The van der Waals surface area contributed by atoms with E-state index in [4.69, 9.17) is 0 Å². The van der Waals surface area contributed by atoms with Gasteiger partial charge in [0.2, 0.25) is 0 Å². The van der Waals surface area contributed by atoms with Gasteiger partial charge in [-0.2, -0.15) is 12.1 Å². The zero-order valence-corrected chi connectivity index (χ0v) is 33.1. The fraction of sp³-hybridized carbons (Fsp3) is 0.526. The molecule has 6 rings (SSSR count). The van der Waals surface area contributed by atoms with Gasteiger partial charge in [0, 0.05) is 0 Å². The van der Waals surface area contributed by atoms with E-state index in [0.29, 0.717) is 10.3 Å². The van der Waals surface area contributed by atoms with E-state index < -0.39 is 0 Å². The summed E-state index contributed by atoms with van der Waals surface area (Å²) in [5.41, 5.74) is 2.03. The van der Waals surface area contributed by atoms with Crippen LogP contribution in [0.1, 0.15) is 106 Å². The largest absolute Gasteiger partial charge is 4.00 e. The maximum atomic E-state index is 2.55. The Balaban J connectivity index is 0.000000286. The first-order valence-electron chi connectivity index (χ1n) is 16.0. The van der Waals surface area contributed by atoms with Crippen LogP contribution in [0.4, 0.5) is 0 Å². The fourth-order valence-electron chi connectivity index (χ4n) is 7.77. The maximum absolute atomic E-state index is 2.55. The van der Waals surface area contributed by atoms with Crippen LogP contribution in [-0.2, 0) is 26.2 Å². The number of hydrogen-bond acceptors (Lipinski definition) is 0. The number of rotatable bonds is 4. The normalized spacial score (nSPS) is 16.7. The third-order valence-electron chi connectivity index (χ3n) is 9.04. The van der Waals surface area contributed by atoms with Gasteiger partial charge in [0.05, 0.1) is 0 Å². The van der Waals surface area contributed by atoms with E-state index in [2.05, 4.69) is 114 Å². The smallest absolute Gasteiger partial charge is 1.00 e. The fourth-order valence-corrected chi connectivity index (χ4v) is 15.7. The van der Waals surface area contributed by atoms with Crippen LogP contribution in [0.5, 0.6) is 0 Å². The molecule has 4 aromatic carbocycles. The number of fused-ring (bicyclic) bond motifs is 2. The minimum atomic E-state index is -0.185. The average molecular weight is 733 g/mol. The van der Waals surface area contributed by atoms with Crippen molar-refractivity contribution in [2.45, 2.75) is 127 Å². The van der Waals surface area contributed by atoms with Gasteiger partial charge in [-0.1, -0.05) is 108 Å². The molecule has 2 fully saturated rings. The number of halogens is 2. The summed E-state index contributed by atoms with van der Waals surface area (Å²) in [5.74, 6) is 0. The predicted octanol–water partition coefficient (Wildman–Crippen LogP) is 5.60. The van der Waals surface area contributed by atoms with Crippen molar-refractivity contribution in [2.24, 2.45) is 0 Å². The monoisotopic (exact) mass is 730 g/mol. The second-order valence-corrected chi connectivity index (χ2v) is 21.0. The van der Waals surface area contributed by atoms with E-state index in [9.17, 15) is 0 Å². The Morgan fingerprint density at radius 2 is 0.930 bits per heavy atom. The van der Waals surface area contributed by atoms with Gasteiger partial charge in [0.25, 0.3) is 0 Å². The van der Waals surface area contributed by atoms with Crippen LogP contribution < -0.4 is 35.4 Å². The summed E-state index contributed by atoms with van der Waals surface area (Å²) in [7, 11) is -0.124. The Bertz CT molecular complexity index is 1270. The molecule has 0 aliphatic heterocycles. The quantitative estimate of drug-likeness (QED) is 0.190. The molecular formula is C38H52Cl2P2Zr. The van der Waals surface area contributed by atoms with E-state index in [1.165, 1.54) is 85.8 Å². The molecule has 0 bridgehead atoms. The molecule has 5 heteroatoms. The molecule has 232 valence electrons. The molecular weight excluding hydrogens is 680 g/mol. The zero-order chi connectivity index (χ0) is 28.3. The molecule has 0 amide bonds. The van der Waals surface area contributed by atoms with Crippen molar-refractivity contribution in [2.75, 3.05) is 0 Å². The van der Waals surface area contributed by atoms with E-state index >= 15 is 0 Å². The summed E-state index contributed by atoms with van der Waals surface area (Å²) in [6.45, 7) is 14.3. The first-order chi connectivity index (χ1) is 19.1. The molecule has 0 nitrogen and oxygen atoms in total. The van der Waals surface area contributed by atoms with Gasteiger partial charge in [-0.05, 0) is 47.3 Å². The molecule has 0 heterocycles. The van der Waals surface area contributed by atoms with Crippen molar-refractivity contribution in [3.05, 3.63) is 72.8 Å². The molecule has 0 radical (unpaired) electrons. The molecule has 0 saturated heterocycles. The molecule has 2 aliphatic carbocycles. The van der Waals surface area contributed by atoms with E-state index in [0.717, 1.165) is 11.3 Å². The summed E-state index contributed by atoms with van der Waals surface area (Å²) in [6, 6.07) is 27.6. The third-order valence-corrected chi connectivity index (χ3v) is 16.0. The number of hydrogen-bond donors (Lipinski definition) is 0. The van der Waals surface area contributed by atoms with Crippen molar-refractivity contribution in [3.8, 4) is 0 Å². The molecule has 0 atom stereocenters. The van der Waals surface area contributed by atoms with Crippen molar-refractivity contribution in [1.29, 1.82) is 0 Å². The third kappa shape index (κ3) is 9.99. The van der Waals surface area contributed by atoms with Crippen LogP contribution in [0.2, 0.25) is 0 Å². The van der Waals surface area contributed by atoms with Gasteiger partial charge < -0.3 is 24.8 Å². The Hall–Kier alpha value is -0.0169. The molecule has 4 aromatic rings. The molecule has 0 spiro atoms.